The Labute approximate surface area is 132 Å². The fraction of sp³-hybridized carbons (Fsp3) is 0.611. The highest BCUT2D eigenvalue weighted by molar-refractivity contribution is 5.80. The van der Waals surface area contributed by atoms with Crippen molar-refractivity contribution in [3.05, 3.63) is 35.4 Å². The molecule has 120 valence electrons. The van der Waals surface area contributed by atoms with Crippen LogP contribution >= 0.6 is 0 Å². The summed E-state index contributed by atoms with van der Waals surface area (Å²) in [6.45, 7) is 5.15. The second-order valence-corrected chi connectivity index (χ2v) is 6.63. The van der Waals surface area contributed by atoms with E-state index in [0.29, 0.717) is 12.5 Å². The fourth-order valence-electron chi connectivity index (χ4n) is 3.58. The standard InChI is InChI=1S/C18H26N2O2/c1-13-4-6-15(7-5-13)17-16(3-2-10-22-17)18(21)20-9-8-14(11-19)12-20/h4-7,14,16-17H,2-3,8-12,19H2,1H3/t14-,16-,17-/m0/s1. The molecule has 2 fully saturated rings. The van der Waals surface area contributed by atoms with Crippen molar-refractivity contribution >= 4 is 5.91 Å². The topological polar surface area (TPSA) is 55.6 Å². The average molecular weight is 302 g/mol. The first-order valence-electron chi connectivity index (χ1n) is 8.36. The van der Waals surface area contributed by atoms with E-state index in [0.717, 1.165) is 44.5 Å². The highest BCUT2D eigenvalue weighted by Gasteiger charge is 2.37. The van der Waals surface area contributed by atoms with Gasteiger partial charge < -0.3 is 15.4 Å². The van der Waals surface area contributed by atoms with Crippen LogP contribution in [0.3, 0.4) is 0 Å². The average Bonchev–Trinajstić information content (AvgIpc) is 3.04. The summed E-state index contributed by atoms with van der Waals surface area (Å²) in [4.78, 5) is 14.9. The van der Waals surface area contributed by atoms with E-state index < -0.39 is 0 Å². The van der Waals surface area contributed by atoms with E-state index in [1.54, 1.807) is 0 Å². The summed E-state index contributed by atoms with van der Waals surface area (Å²) in [6.07, 6.45) is 2.82. The van der Waals surface area contributed by atoms with Gasteiger partial charge in [-0.2, -0.15) is 0 Å². The molecular formula is C18H26N2O2. The van der Waals surface area contributed by atoms with Crippen LogP contribution < -0.4 is 5.73 Å². The maximum Gasteiger partial charge on any atom is 0.228 e. The molecule has 3 rings (SSSR count). The van der Waals surface area contributed by atoms with Crippen molar-refractivity contribution in [3.8, 4) is 0 Å². The van der Waals surface area contributed by atoms with Gasteiger partial charge in [-0.05, 0) is 44.2 Å². The molecule has 2 aliphatic rings. The third-order valence-electron chi connectivity index (χ3n) is 4.98. The van der Waals surface area contributed by atoms with Crippen LogP contribution in [0.25, 0.3) is 0 Å². The molecule has 0 unspecified atom stereocenters. The first kappa shape index (κ1) is 15.5. The van der Waals surface area contributed by atoms with Crippen molar-refractivity contribution < 1.29 is 9.53 Å². The lowest BCUT2D eigenvalue weighted by molar-refractivity contribution is -0.144. The third-order valence-corrected chi connectivity index (χ3v) is 4.98. The van der Waals surface area contributed by atoms with Gasteiger partial charge in [-0.15, -0.1) is 0 Å². The number of amides is 1. The number of ether oxygens (including phenoxy) is 1. The summed E-state index contributed by atoms with van der Waals surface area (Å²) in [6, 6.07) is 8.38. The number of benzene rings is 1. The third kappa shape index (κ3) is 3.18. The minimum Gasteiger partial charge on any atom is -0.373 e. The number of likely N-dealkylation sites (tertiary alicyclic amines) is 1. The highest BCUT2D eigenvalue weighted by Crippen LogP contribution is 2.36. The Bertz CT molecular complexity index is 514. The molecule has 2 heterocycles. The van der Waals surface area contributed by atoms with E-state index >= 15 is 0 Å². The zero-order valence-electron chi connectivity index (χ0n) is 13.3. The van der Waals surface area contributed by atoms with Gasteiger partial charge in [0.15, 0.2) is 0 Å². The van der Waals surface area contributed by atoms with E-state index in [-0.39, 0.29) is 17.9 Å². The Hall–Kier alpha value is -1.39. The van der Waals surface area contributed by atoms with Crippen molar-refractivity contribution in [1.29, 1.82) is 0 Å². The maximum atomic E-state index is 12.9. The van der Waals surface area contributed by atoms with Crippen molar-refractivity contribution in [2.75, 3.05) is 26.2 Å². The number of aryl methyl sites for hydroxylation is 1. The Balaban J connectivity index is 1.75. The van der Waals surface area contributed by atoms with Gasteiger partial charge in [-0.1, -0.05) is 29.8 Å². The molecule has 0 bridgehead atoms. The number of carbonyl (C=O) groups excluding carboxylic acids is 1. The molecule has 2 saturated heterocycles. The molecule has 4 nitrogen and oxygen atoms in total. The SMILES string of the molecule is Cc1ccc([C@@H]2OCCC[C@@H]2C(=O)N2CC[C@@H](CN)C2)cc1. The van der Waals surface area contributed by atoms with Crippen molar-refractivity contribution in [1.82, 2.24) is 4.90 Å². The summed E-state index contributed by atoms with van der Waals surface area (Å²) in [5, 5.41) is 0. The predicted octanol–water partition coefficient (Wildman–Crippen LogP) is 2.27. The molecule has 2 N–H and O–H groups in total. The first-order valence-corrected chi connectivity index (χ1v) is 8.36. The van der Waals surface area contributed by atoms with E-state index in [1.807, 2.05) is 4.90 Å². The van der Waals surface area contributed by atoms with Gasteiger partial charge in [0.2, 0.25) is 5.91 Å². The van der Waals surface area contributed by atoms with Crippen LogP contribution in [0.2, 0.25) is 0 Å². The van der Waals surface area contributed by atoms with Crippen LogP contribution in [-0.2, 0) is 9.53 Å². The summed E-state index contributed by atoms with van der Waals surface area (Å²) in [7, 11) is 0. The van der Waals surface area contributed by atoms with Crippen LogP contribution in [0.4, 0.5) is 0 Å². The molecule has 22 heavy (non-hydrogen) atoms. The molecule has 2 aliphatic heterocycles. The quantitative estimate of drug-likeness (QED) is 0.932. The lowest BCUT2D eigenvalue weighted by Gasteiger charge is -2.34. The van der Waals surface area contributed by atoms with Gasteiger partial charge in [-0.3, -0.25) is 4.79 Å². The second-order valence-electron chi connectivity index (χ2n) is 6.63. The molecule has 0 spiro atoms. The van der Waals surface area contributed by atoms with Gasteiger partial charge in [0.1, 0.15) is 0 Å². The van der Waals surface area contributed by atoms with Crippen molar-refractivity contribution in [2.45, 2.75) is 32.3 Å². The molecule has 0 aromatic heterocycles. The van der Waals surface area contributed by atoms with Crippen molar-refractivity contribution in [3.63, 3.8) is 0 Å². The number of hydrogen-bond donors (Lipinski definition) is 1. The highest BCUT2D eigenvalue weighted by atomic mass is 16.5. The monoisotopic (exact) mass is 302 g/mol. The Kier molecular flexibility index (Phi) is 4.79. The van der Waals surface area contributed by atoms with E-state index in [1.165, 1.54) is 5.56 Å². The Morgan fingerprint density at radius 2 is 2.09 bits per heavy atom. The Morgan fingerprint density at radius 1 is 1.32 bits per heavy atom. The van der Waals surface area contributed by atoms with Crippen LogP contribution in [0.15, 0.2) is 24.3 Å². The lowest BCUT2D eigenvalue weighted by Crippen LogP contribution is -2.40. The van der Waals surface area contributed by atoms with Crippen molar-refractivity contribution in [2.24, 2.45) is 17.6 Å². The summed E-state index contributed by atoms with van der Waals surface area (Å²) >= 11 is 0. The van der Waals surface area contributed by atoms with E-state index in [9.17, 15) is 4.79 Å². The molecule has 1 aromatic rings. The van der Waals surface area contributed by atoms with Crippen LogP contribution in [0, 0.1) is 18.8 Å². The van der Waals surface area contributed by atoms with E-state index in [4.69, 9.17) is 10.5 Å². The minimum absolute atomic E-state index is 0.0482. The molecule has 0 aliphatic carbocycles. The zero-order chi connectivity index (χ0) is 15.5. The molecule has 0 radical (unpaired) electrons. The zero-order valence-corrected chi connectivity index (χ0v) is 13.3. The summed E-state index contributed by atoms with van der Waals surface area (Å²) in [5.74, 6) is 0.667. The van der Waals surface area contributed by atoms with Gasteiger partial charge in [-0.25, -0.2) is 0 Å². The van der Waals surface area contributed by atoms with Gasteiger partial charge in [0.25, 0.3) is 0 Å². The molecule has 3 atom stereocenters. The number of nitrogens with zero attached hydrogens (tertiary/aromatic N) is 1. The summed E-state index contributed by atoms with van der Waals surface area (Å²) < 4.78 is 5.98. The van der Waals surface area contributed by atoms with Crippen LogP contribution in [0.1, 0.15) is 36.5 Å². The summed E-state index contributed by atoms with van der Waals surface area (Å²) in [5.41, 5.74) is 8.10. The first-order chi connectivity index (χ1) is 10.7. The number of nitrogens with two attached hydrogens (primary N) is 1. The van der Waals surface area contributed by atoms with Crippen LogP contribution in [-0.4, -0.2) is 37.0 Å². The second kappa shape index (κ2) is 6.80. The fourth-order valence-corrected chi connectivity index (χ4v) is 3.58. The molecular weight excluding hydrogens is 276 g/mol. The molecule has 0 saturated carbocycles. The van der Waals surface area contributed by atoms with Gasteiger partial charge >= 0.3 is 0 Å². The number of rotatable bonds is 3. The Morgan fingerprint density at radius 3 is 2.77 bits per heavy atom. The maximum absolute atomic E-state index is 12.9. The smallest absolute Gasteiger partial charge is 0.228 e. The van der Waals surface area contributed by atoms with Gasteiger partial charge in [0, 0.05) is 19.7 Å². The minimum atomic E-state index is -0.0984. The largest absolute Gasteiger partial charge is 0.373 e. The molecule has 4 heteroatoms. The number of carbonyl (C=O) groups is 1. The van der Waals surface area contributed by atoms with Crippen LogP contribution in [0.5, 0.6) is 0 Å². The predicted molar refractivity (Wildman–Crippen MR) is 86.3 cm³/mol. The molecule has 1 amide bonds. The number of hydrogen-bond acceptors (Lipinski definition) is 3. The van der Waals surface area contributed by atoms with E-state index in [2.05, 4.69) is 31.2 Å². The normalized spacial score (nSPS) is 28.8. The van der Waals surface area contributed by atoms with Gasteiger partial charge in [0.05, 0.1) is 12.0 Å². The molecule has 1 aromatic carbocycles. The lowest BCUT2D eigenvalue weighted by atomic mass is 9.88.